The first-order valence-corrected chi connectivity index (χ1v) is 12.8. The number of rotatable bonds is 9. The van der Waals surface area contributed by atoms with Crippen LogP contribution in [0.3, 0.4) is 0 Å². The summed E-state index contributed by atoms with van der Waals surface area (Å²) in [7, 11) is 0. The molecule has 33 heavy (non-hydrogen) atoms. The van der Waals surface area contributed by atoms with Crippen molar-refractivity contribution in [2.75, 3.05) is 6.54 Å². The molecule has 7 nitrogen and oxygen atoms in total. The molecule has 0 spiro atoms. The average molecular weight is 502 g/mol. The Morgan fingerprint density at radius 3 is 2.91 bits per heavy atom. The Balaban J connectivity index is 1.54. The number of thiazole rings is 1. The Morgan fingerprint density at radius 1 is 1.30 bits per heavy atom. The number of halogens is 1. The maximum absolute atomic E-state index is 12.3. The van der Waals surface area contributed by atoms with Crippen LogP contribution in [0.25, 0.3) is 17.3 Å². The lowest BCUT2D eigenvalue weighted by Crippen LogP contribution is -2.25. The summed E-state index contributed by atoms with van der Waals surface area (Å²) in [6.07, 6.45) is 2.55. The van der Waals surface area contributed by atoms with Crippen LogP contribution in [0.1, 0.15) is 41.3 Å². The van der Waals surface area contributed by atoms with Crippen LogP contribution in [0, 0.1) is 12.8 Å². The van der Waals surface area contributed by atoms with Crippen molar-refractivity contribution < 1.29 is 9.21 Å². The molecule has 1 amide bonds. The fourth-order valence-corrected chi connectivity index (χ4v) is 5.05. The lowest BCUT2D eigenvalue weighted by atomic mass is 10.1. The highest BCUT2D eigenvalue weighted by Crippen LogP contribution is 2.32. The molecule has 0 bridgehead atoms. The molecule has 0 radical (unpaired) electrons. The number of nitrogens with zero attached hydrogens (tertiary/aromatic N) is 4. The average Bonchev–Trinajstić information content (AvgIpc) is 3.54. The number of aryl methyl sites for hydroxylation is 1. The van der Waals surface area contributed by atoms with E-state index in [-0.39, 0.29) is 5.91 Å². The number of nitrogens with one attached hydrogen (secondary N) is 1. The van der Waals surface area contributed by atoms with E-state index < -0.39 is 0 Å². The molecular formula is C23H24ClN5O2S2. The lowest BCUT2D eigenvalue weighted by Gasteiger charge is -2.12. The largest absolute Gasteiger partial charge is 0.461 e. The quantitative estimate of drug-likeness (QED) is 0.282. The van der Waals surface area contributed by atoms with Gasteiger partial charge in [-0.15, -0.1) is 21.5 Å². The van der Waals surface area contributed by atoms with Crippen molar-refractivity contribution >= 4 is 40.6 Å². The maximum Gasteiger partial charge on any atom is 0.270 e. The predicted molar refractivity (Wildman–Crippen MR) is 132 cm³/mol. The number of furan rings is 1. The molecular weight excluding hydrogens is 478 g/mol. The van der Waals surface area contributed by atoms with Crippen LogP contribution in [-0.2, 0) is 5.75 Å². The van der Waals surface area contributed by atoms with Gasteiger partial charge in [-0.25, -0.2) is 4.98 Å². The van der Waals surface area contributed by atoms with Gasteiger partial charge in [-0.05, 0) is 49.1 Å². The number of benzene rings is 1. The van der Waals surface area contributed by atoms with E-state index in [1.807, 2.05) is 41.8 Å². The molecule has 0 aliphatic carbocycles. The van der Waals surface area contributed by atoms with Crippen LogP contribution in [0.2, 0.25) is 5.02 Å². The minimum Gasteiger partial charge on any atom is -0.461 e. The highest BCUT2D eigenvalue weighted by Gasteiger charge is 2.20. The predicted octanol–water partition coefficient (Wildman–Crippen LogP) is 6.01. The molecule has 3 heterocycles. The first kappa shape index (κ1) is 23.5. The fourth-order valence-electron chi connectivity index (χ4n) is 3.14. The topological polar surface area (TPSA) is 85.8 Å². The summed E-state index contributed by atoms with van der Waals surface area (Å²) in [5, 5.41) is 15.6. The number of hydrogen-bond donors (Lipinski definition) is 1. The van der Waals surface area contributed by atoms with Gasteiger partial charge in [0.1, 0.15) is 10.7 Å². The van der Waals surface area contributed by atoms with Crippen molar-refractivity contribution in [2.24, 2.45) is 5.92 Å². The van der Waals surface area contributed by atoms with Gasteiger partial charge in [0.15, 0.2) is 10.9 Å². The van der Waals surface area contributed by atoms with Gasteiger partial charge < -0.3 is 9.73 Å². The molecule has 0 unspecified atom stereocenters. The van der Waals surface area contributed by atoms with E-state index in [9.17, 15) is 4.79 Å². The number of carbonyl (C=O) groups is 1. The van der Waals surface area contributed by atoms with E-state index in [4.69, 9.17) is 16.0 Å². The van der Waals surface area contributed by atoms with Crippen molar-refractivity contribution in [1.29, 1.82) is 0 Å². The number of carbonyl (C=O) groups excluding carboxylic acids is 1. The van der Waals surface area contributed by atoms with E-state index in [0.717, 1.165) is 22.7 Å². The summed E-state index contributed by atoms with van der Waals surface area (Å²) in [5.74, 6) is 2.17. The van der Waals surface area contributed by atoms with E-state index >= 15 is 0 Å². The van der Waals surface area contributed by atoms with E-state index in [1.165, 1.54) is 23.1 Å². The molecule has 0 aliphatic rings. The first-order valence-electron chi connectivity index (χ1n) is 10.5. The van der Waals surface area contributed by atoms with Gasteiger partial charge in [-0.2, -0.15) is 0 Å². The van der Waals surface area contributed by atoms with Gasteiger partial charge in [0.05, 0.1) is 17.7 Å². The van der Waals surface area contributed by atoms with E-state index in [0.29, 0.717) is 45.7 Å². The van der Waals surface area contributed by atoms with Crippen molar-refractivity contribution in [3.63, 3.8) is 0 Å². The number of aromatic nitrogens is 4. The van der Waals surface area contributed by atoms with Gasteiger partial charge in [0.2, 0.25) is 5.82 Å². The zero-order valence-electron chi connectivity index (χ0n) is 18.5. The van der Waals surface area contributed by atoms with Crippen LogP contribution in [0.4, 0.5) is 0 Å². The molecule has 3 aromatic heterocycles. The summed E-state index contributed by atoms with van der Waals surface area (Å²) in [6.45, 7) is 6.92. The number of thioether (sulfide) groups is 1. The third-order valence-corrected chi connectivity index (χ3v) is 7.11. The number of hydrogen-bond acceptors (Lipinski definition) is 7. The second-order valence-corrected chi connectivity index (χ2v) is 10.2. The monoisotopic (exact) mass is 501 g/mol. The van der Waals surface area contributed by atoms with Crippen LogP contribution in [-0.4, -0.2) is 32.2 Å². The highest BCUT2D eigenvalue weighted by atomic mass is 35.5. The highest BCUT2D eigenvalue weighted by molar-refractivity contribution is 7.98. The standard InChI is InChI=1S/C23H24ClN5O2S2/c1-14(2)8-9-25-22(30)17-12-32-20(26-17)13-33-23-28-27-21(19-5-4-10-31-19)29(23)18-11-16(24)7-6-15(18)3/h4-7,10-12,14H,8-9,13H2,1-3H3,(H,25,30). The molecule has 0 saturated heterocycles. The maximum atomic E-state index is 12.3. The van der Waals surface area contributed by atoms with E-state index in [1.54, 1.807) is 11.6 Å². The van der Waals surface area contributed by atoms with Crippen molar-refractivity contribution in [3.8, 4) is 17.3 Å². The molecule has 172 valence electrons. The fraction of sp³-hybridized carbons (Fsp3) is 0.304. The van der Waals surface area contributed by atoms with Crippen LogP contribution >= 0.6 is 34.7 Å². The summed E-state index contributed by atoms with van der Waals surface area (Å²) < 4.78 is 7.53. The Morgan fingerprint density at radius 2 is 2.15 bits per heavy atom. The SMILES string of the molecule is Cc1ccc(Cl)cc1-n1c(SCc2nc(C(=O)NCCC(C)C)cs2)nnc1-c1ccco1. The molecule has 0 saturated carbocycles. The lowest BCUT2D eigenvalue weighted by molar-refractivity contribution is 0.0947. The third-order valence-electron chi connectivity index (χ3n) is 4.90. The van der Waals surface area contributed by atoms with E-state index in [2.05, 4.69) is 34.3 Å². The Labute approximate surface area is 205 Å². The van der Waals surface area contributed by atoms with Crippen LogP contribution < -0.4 is 5.32 Å². The molecule has 0 aliphatic heterocycles. The summed E-state index contributed by atoms with van der Waals surface area (Å²) >= 11 is 9.25. The molecule has 10 heteroatoms. The van der Waals surface area contributed by atoms with Crippen LogP contribution in [0.5, 0.6) is 0 Å². The van der Waals surface area contributed by atoms with Gasteiger partial charge in [-0.3, -0.25) is 9.36 Å². The van der Waals surface area contributed by atoms with Crippen molar-refractivity contribution in [1.82, 2.24) is 25.1 Å². The summed E-state index contributed by atoms with van der Waals surface area (Å²) in [6, 6.07) is 9.37. The third kappa shape index (κ3) is 5.66. The summed E-state index contributed by atoms with van der Waals surface area (Å²) in [4.78, 5) is 16.8. The second kappa shape index (κ2) is 10.5. The van der Waals surface area contributed by atoms with Gasteiger partial charge in [0, 0.05) is 16.9 Å². The van der Waals surface area contributed by atoms with Gasteiger partial charge in [-0.1, -0.05) is 43.3 Å². The van der Waals surface area contributed by atoms with Gasteiger partial charge >= 0.3 is 0 Å². The summed E-state index contributed by atoms with van der Waals surface area (Å²) in [5.41, 5.74) is 2.36. The Kier molecular flexibility index (Phi) is 7.52. The van der Waals surface area contributed by atoms with Crippen LogP contribution in [0.15, 0.2) is 51.5 Å². The molecule has 0 fully saturated rings. The molecule has 4 aromatic rings. The van der Waals surface area contributed by atoms with Crippen molar-refractivity contribution in [2.45, 2.75) is 38.1 Å². The minimum atomic E-state index is -0.138. The number of amides is 1. The smallest absolute Gasteiger partial charge is 0.270 e. The Bertz CT molecular complexity index is 1230. The normalized spacial score (nSPS) is 11.3. The molecule has 0 atom stereocenters. The second-order valence-electron chi connectivity index (χ2n) is 7.90. The Hall–Kier alpha value is -2.62. The molecule has 1 aromatic carbocycles. The molecule has 4 rings (SSSR count). The van der Waals surface area contributed by atoms with Crippen molar-refractivity contribution in [3.05, 3.63) is 63.3 Å². The minimum absolute atomic E-state index is 0.138. The zero-order chi connectivity index (χ0) is 23.4. The first-order chi connectivity index (χ1) is 15.9. The molecule has 1 N–H and O–H groups in total. The zero-order valence-corrected chi connectivity index (χ0v) is 20.9. The van der Waals surface area contributed by atoms with Gasteiger partial charge in [0.25, 0.3) is 5.91 Å².